The molecule has 0 spiro atoms. The molecule has 1 heterocycles. The van der Waals surface area contributed by atoms with Crippen molar-refractivity contribution in [3.05, 3.63) is 52.4 Å². The highest BCUT2D eigenvalue weighted by atomic mass is 35.5. The molecule has 2 nitrogen and oxygen atoms in total. The first-order chi connectivity index (χ1) is 11.6. The zero-order valence-electron chi connectivity index (χ0n) is 14.1. The van der Waals surface area contributed by atoms with E-state index in [1.54, 1.807) is 0 Å². The van der Waals surface area contributed by atoms with Gasteiger partial charge in [-0.2, -0.15) is 13.2 Å². The lowest BCUT2D eigenvalue weighted by Gasteiger charge is -2.17. The Balaban J connectivity index is 2.28. The third-order valence-corrected chi connectivity index (χ3v) is 4.39. The minimum atomic E-state index is -4.52. The van der Waals surface area contributed by atoms with Gasteiger partial charge in [0.05, 0.1) is 22.0 Å². The number of benzene rings is 1. The van der Waals surface area contributed by atoms with Crippen LogP contribution in [0.1, 0.15) is 32.0 Å². The van der Waals surface area contributed by atoms with Crippen LogP contribution in [0.5, 0.6) is 0 Å². The van der Waals surface area contributed by atoms with E-state index in [9.17, 15) is 17.6 Å². The van der Waals surface area contributed by atoms with E-state index >= 15 is 0 Å². The first kappa shape index (κ1) is 19.7. The van der Waals surface area contributed by atoms with Gasteiger partial charge in [-0.15, -0.1) is 0 Å². The zero-order chi connectivity index (χ0) is 18.8. The Kier molecular flexibility index (Phi) is 6.06. The molecule has 0 saturated heterocycles. The zero-order valence-corrected chi connectivity index (χ0v) is 14.8. The molecule has 25 heavy (non-hydrogen) atoms. The summed E-state index contributed by atoms with van der Waals surface area (Å²) in [5, 5.41) is 2.77. The van der Waals surface area contributed by atoms with E-state index in [4.69, 9.17) is 11.6 Å². The largest absolute Gasteiger partial charge is 0.417 e. The molecular weight excluding hydrogens is 356 g/mol. The highest BCUT2D eigenvalue weighted by Gasteiger charge is 2.33. The molecule has 7 heteroatoms. The molecular formula is C18H19ClF4N2. The van der Waals surface area contributed by atoms with E-state index in [2.05, 4.69) is 10.3 Å². The average Bonchev–Trinajstić information content (AvgIpc) is 2.52. The molecule has 0 fully saturated rings. The van der Waals surface area contributed by atoms with Gasteiger partial charge in [0.1, 0.15) is 5.82 Å². The van der Waals surface area contributed by atoms with E-state index in [1.165, 1.54) is 24.3 Å². The number of halogens is 5. The van der Waals surface area contributed by atoms with Crippen molar-refractivity contribution in [1.29, 1.82) is 0 Å². The van der Waals surface area contributed by atoms with Crippen molar-refractivity contribution < 1.29 is 17.6 Å². The predicted octanol–water partition coefficient (Wildman–Crippen LogP) is 5.69. The van der Waals surface area contributed by atoms with E-state index in [-0.39, 0.29) is 18.3 Å². The fraction of sp³-hybridized carbons (Fsp3) is 0.389. The Labute approximate surface area is 149 Å². The van der Waals surface area contributed by atoms with Gasteiger partial charge in [-0.25, -0.2) is 9.37 Å². The molecule has 1 aromatic heterocycles. The van der Waals surface area contributed by atoms with E-state index < -0.39 is 22.6 Å². The van der Waals surface area contributed by atoms with Gasteiger partial charge in [-0.3, -0.25) is 0 Å². The van der Waals surface area contributed by atoms with Crippen LogP contribution in [0.25, 0.3) is 11.3 Å². The molecule has 0 aliphatic rings. The van der Waals surface area contributed by atoms with E-state index in [1.807, 2.05) is 20.8 Å². The van der Waals surface area contributed by atoms with Gasteiger partial charge in [-0.05, 0) is 37.1 Å². The van der Waals surface area contributed by atoms with Gasteiger partial charge in [-0.1, -0.05) is 31.5 Å². The maximum absolute atomic E-state index is 14.0. The average molecular weight is 375 g/mol. The Bertz CT molecular complexity index is 744. The highest BCUT2D eigenvalue weighted by molar-refractivity contribution is 6.31. The van der Waals surface area contributed by atoms with Crippen molar-refractivity contribution in [3.63, 3.8) is 0 Å². The van der Waals surface area contributed by atoms with Crippen LogP contribution in [-0.2, 0) is 12.7 Å². The lowest BCUT2D eigenvalue weighted by molar-refractivity contribution is -0.137. The van der Waals surface area contributed by atoms with Gasteiger partial charge in [0.25, 0.3) is 0 Å². The number of hydrogen-bond acceptors (Lipinski definition) is 2. The Hall–Kier alpha value is -1.66. The second-order valence-electron chi connectivity index (χ2n) is 6.23. The van der Waals surface area contributed by atoms with Crippen molar-refractivity contribution in [3.8, 4) is 11.3 Å². The summed E-state index contributed by atoms with van der Waals surface area (Å²) in [4.78, 5) is 4.23. The maximum atomic E-state index is 14.0. The Morgan fingerprint density at radius 1 is 1.12 bits per heavy atom. The van der Waals surface area contributed by atoms with Gasteiger partial charge in [0, 0.05) is 18.2 Å². The van der Waals surface area contributed by atoms with Crippen LogP contribution in [0.4, 0.5) is 17.6 Å². The Morgan fingerprint density at radius 3 is 2.36 bits per heavy atom. The summed E-state index contributed by atoms with van der Waals surface area (Å²) in [6, 6.07) is 6.22. The maximum Gasteiger partial charge on any atom is 0.417 e. The molecule has 0 radical (unpaired) electrons. The van der Waals surface area contributed by atoms with Gasteiger partial charge in [0.15, 0.2) is 0 Å². The standard InChI is InChI=1S/C18H19ClF4N2/c1-10(2)11(3)24-9-17-15(20)6-7-16(25-17)12-4-5-13(14(19)8-12)18(21,22)23/h4-8,10-11,24H,9H2,1-3H3/t11-/m1/s1. The number of rotatable bonds is 5. The smallest absolute Gasteiger partial charge is 0.308 e. The van der Waals surface area contributed by atoms with Crippen LogP contribution in [0.15, 0.2) is 30.3 Å². The fourth-order valence-electron chi connectivity index (χ4n) is 2.17. The molecule has 136 valence electrons. The lowest BCUT2D eigenvalue weighted by atomic mass is 10.1. The number of pyridine rings is 1. The molecule has 1 N–H and O–H groups in total. The number of nitrogens with one attached hydrogen (secondary N) is 1. The lowest BCUT2D eigenvalue weighted by Crippen LogP contribution is -2.30. The van der Waals surface area contributed by atoms with Crippen molar-refractivity contribution >= 4 is 11.6 Å². The summed E-state index contributed by atoms with van der Waals surface area (Å²) in [5.74, 6) is -0.0924. The molecule has 0 aliphatic heterocycles. The number of nitrogens with zero attached hydrogens (tertiary/aromatic N) is 1. The fourth-order valence-corrected chi connectivity index (χ4v) is 2.45. The minimum Gasteiger partial charge on any atom is -0.308 e. The molecule has 2 aromatic rings. The quantitative estimate of drug-likeness (QED) is 0.679. The van der Waals surface area contributed by atoms with Crippen LogP contribution >= 0.6 is 11.6 Å². The van der Waals surface area contributed by atoms with Crippen LogP contribution in [0.3, 0.4) is 0 Å². The van der Waals surface area contributed by atoms with Crippen molar-refractivity contribution in [2.45, 2.75) is 39.5 Å². The van der Waals surface area contributed by atoms with Crippen molar-refractivity contribution in [2.75, 3.05) is 0 Å². The van der Waals surface area contributed by atoms with E-state index in [0.29, 0.717) is 17.2 Å². The van der Waals surface area contributed by atoms with Crippen LogP contribution in [-0.4, -0.2) is 11.0 Å². The summed E-state index contributed by atoms with van der Waals surface area (Å²) >= 11 is 5.74. The molecule has 1 aromatic carbocycles. The second-order valence-corrected chi connectivity index (χ2v) is 6.64. The van der Waals surface area contributed by atoms with Crippen molar-refractivity contribution in [1.82, 2.24) is 10.3 Å². The first-order valence-corrected chi connectivity index (χ1v) is 8.23. The predicted molar refractivity (Wildman–Crippen MR) is 90.8 cm³/mol. The van der Waals surface area contributed by atoms with Crippen LogP contribution in [0.2, 0.25) is 5.02 Å². The summed E-state index contributed by atoms with van der Waals surface area (Å²) in [7, 11) is 0. The van der Waals surface area contributed by atoms with E-state index in [0.717, 1.165) is 6.07 Å². The SMILES string of the molecule is CC(C)[C@@H](C)NCc1nc(-c2ccc(C(F)(F)F)c(Cl)c2)ccc1F. The van der Waals surface area contributed by atoms with Gasteiger partial charge < -0.3 is 5.32 Å². The first-order valence-electron chi connectivity index (χ1n) is 7.85. The van der Waals surface area contributed by atoms with Gasteiger partial charge in [0.2, 0.25) is 0 Å². The Morgan fingerprint density at radius 2 is 1.80 bits per heavy atom. The molecule has 0 bridgehead atoms. The summed E-state index contributed by atoms with van der Waals surface area (Å²) in [6.07, 6.45) is -4.52. The minimum absolute atomic E-state index is 0.172. The molecule has 0 unspecified atom stereocenters. The second kappa shape index (κ2) is 7.70. The number of alkyl halides is 3. The number of hydrogen-bond donors (Lipinski definition) is 1. The van der Waals surface area contributed by atoms with Crippen molar-refractivity contribution in [2.24, 2.45) is 5.92 Å². The topological polar surface area (TPSA) is 24.9 Å². The third-order valence-electron chi connectivity index (χ3n) is 4.08. The molecule has 1 atom stereocenters. The monoisotopic (exact) mass is 374 g/mol. The van der Waals surface area contributed by atoms with Gasteiger partial charge >= 0.3 is 6.18 Å². The normalized spacial score (nSPS) is 13.3. The molecule has 0 saturated carbocycles. The highest BCUT2D eigenvalue weighted by Crippen LogP contribution is 2.36. The summed E-state index contributed by atoms with van der Waals surface area (Å²) < 4.78 is 52.3. The number of aromatic nitrogens is 1. The van der Waals surface area contributed by atoms with Crippen LogP contribution < -0.4 is 5.32 Å². The molecule has 0 amide bonds. The summed E-state index contributed by atoms with van der Waals surface area (Å²) in [5.41, 5.74) is 0.0656. The molecule has 0 aliphatic carbocycles. The third kappa shape index (κ3) is 4.92. The molecule has 2 rings (SSSR count). The summed E-state index contributed by atoms with van der Waals surface area (Å²) in [6.45, 7) is 6.31. The van der Waals surface area contributed by atoms with Crippen LogP contribution in [0, 0.1) is 11.7 Å².